The molecule has 1 aliphatic heterocycles. The number of ether oxygens (including phenoxy) is 2. The van der Waals surface area contributed by atoms with Gasteiger partial charge in [0.05, 0.1) is 32.0 Å². The van der Waals surface area contributed by atoms with Gasteiger partial charge in [-0.2, -0.15) is 0 Å². The Balaban J connectivity index is 0.000000433. The fourth-order valence-corrected chi connectivity index (χ4v) is 5.21. The number of likely N-dealkylation sites (tertiary alicyclic amines) is 1. The molecule has 1 aromatic carbocycles. The Kier molecular flexibility index (Phi) is 22.1. The molecule has 1 heterocycles. The Hall–Kier alpha value is -2.64. The molecule has 7 heteroatoms. The second kappa shape index (κ2) is 24.6. The third kappa shape index (κ3) is 16.5. The number of hydrogen-bond donors (Lipinski definition) is 2. The minimum absolute atomic E-state index is 0.0322. The molecule has 1 amide bonds. The maximum atomic E-state index is 12.8. The number of nitrogens with two attached hydrogens (primary N) is 1. The number of aliphatic hydroxyl groups is 1. The number of carbonyl (C=O) groups is 1. The van der Waals surface area contributed by atoms with E-state index < -0.39 is 0 Å². The van der Waals surface area contributed by atoms with E-state index in [4.69, 9.17) is 20.3 Å². The average molecular weight is 628 g/mol. The van der Waals surface area contributed by atoms with E-state index in [1.165, 1.54) is 44.1 Å². The molecule has 1 aromatic rings. The smallest absolute Gasteiger partial charge is 0.270 e. The number of aliphatic hydroxyl groups excluding tert-OH is 1. The number of aryl methyl sites for hydroxylation is 1. The zero-order valence-corrected chi connectivity index (χ0v) is 29.5. The molecule has 0 bridgehead atoms. The number of hydrogen-bond acceptors (Lipinski definition) is 6. The van der Waals surface area contributed by atoms with Crippen LogP contribution >= 0.6 is 0 Å². The molecule has 1 aliphatic carbocycles. The van der Waals surface area contributed by atoms with Crippen molar-refractivity contribution in [3.8, 4) is 5.75 Å². The maximum Gasteiger partial charge on any atom is 0.270 e. The fourth-order valence-electron chi connectivity index (χ4n) is 5.21. The molecule has 0 radical (unpaired) electrons. The van der Waals surface area contributed by atoms with E-state index in [1.54, 1.807) is 0 Å². The van der Waals surface area contributed by atoms with Crippen LogP contribution in [0.25, 0.3) is 0 Å². The summed E-state index contributed by atoms with van der Waals surface area (Å²) in [6.07, 6.45) is 14.6. The first-order valence-electron chi connectivity index (χ1n) is 17.6. The molecule has 1 saturated heterocycles. The highest BCUT2D eigenvalue weighted by Crippen LogP contribution is 2.25. The van der Waals surface area contributed by atoms with E-state index in [0.717, 1.165) is 67.6 Å². The number of para-hydroxylation sites is 1. The van der Waals surface area contributed by atoms with Crippen molar-refractivity contribution in [2.75, 3.05) is 32.8 Å². The zero-order chi connectivity index (χ0) is 33.5. The number of allylic oxidation sites excluding steroid dienone is 1. The van der Waals surface area contributed by atoms with Gasteiger partial charge in [-0.15, -0.1) is 0 Å². The highest BCUT2D eigenvalue weighted by Gasteiger charge is 2.27. The maximum absolute atomic E-state index is 12.8. The molecule has 7 nitrogen and oxygen atoms in total. The molecular weight excluding hydrogens is 562 g/mol. The van der Waals surface area contributed by atoms with Gasteiger partial charge in [-0.1, -0.05) is 90.2 Å². The van der Waals surface area contributed by atoms with E-state index in [2.05, 4.69) is 64.4 Å². The van der Waals surface area contributed by atoms with Gasteiger partial charge in [0.1, 0.15) is 11.4 Å². The SMILES string of the molecule is C=C(C)CN=C1CCCC/C1=C(/N)C(=O)N1CCC(OCCO)CC1.CCCC.CCCCC(CCC)Oc1ccccc1C. The lowest BCUT2D eigenvalue weighted by Gasteiger charge is -2.32. The number of benzene rings is 1. The number of amides is 1. The van der Waals surface area contributed by atoms with Crippen LogP contribution in [-0.2, 0) is 9.53 Å². The van der Waals surface area contributed by atoms with Crippen molar-refractivity contribution in [2.45, 2.75) is 137 Å². The van der Waals surface area contributed by atoms with Crippen LogP contribution in [0.1, 0.15) is 124 Å². The lowest BCUT2D eigenvalue weighted by Crippen LogP contribution is -2.43. The van der Waals surface area contributed by atoms with E-state index in [0.29, 0.717) is 38.0 Å². The second-order valence-electron chi connectivity index (χ2n) is 12.3. The Morgan fingerprint density at radius 2 is 1.71 bits per heavy atom. The highest BCUT2D eigenvalue weighted by molar-refractivity contribution is 6.08. The molecule has 1 atom stereocenters. The Bertz CT molecular complexity index is 1030. The summed E-state index contributed by atoms with van der Waals surface area (Å²) in [5.41, 5.74) is 10.8. The van der Waals surface area contributed by atoms with Crippen LogP contribution < -0.4 is 10.5 Å². The standard InChI is InChI=1S/C19H31N3O3.C15H24O.C4H10/c1-14(2)13-21-17-6-4-3-5-16(17)18(20)19(24)22-9-7-15(8-10-22)25-12-11-23;1-4-6-11-14(9-5-2)16-15-12-8-7-10-13(15)3;1-3-4-2/h15,23H,1,3-13,20H2,2H3;7-8,10,12,14H,4-6,9,11H2,1-3H3;3-4H2,1-2H3/b18-16-,21-17?;;. The van der Waals surface area contributed by atoms with Crippen LogP contribution in [0.15, 0.2) is 52.7 Å². The molecule has 0 aromatic heterocycles. The molecule has 2 fully saturated rings. The Labute approximate surface area is 275 Å². The normalized spacial score (nSPS) is 17.8. The molecule has 45 heavy (non-hydrogen) atoms. The van der Waals surface area contributed by atoms with Crippen molar-refractivity contribution in [2.24, 2.45) is 10.7 Å². The molecule has 1 unspecified atom stereocenters. The monoisotopic (exact) mass is 627 g/mol. The summed E-state index contributed by atoms with van der Waals surface area (Å²) in [7, 11) is 0. The van der Waals surface area contributed by atoms with E-state index in [9.17, 15) is 4.79 Å². The first-order valence-corrected chi connectivity index (χ1v) is 17.6. The van der Waals surface area contributed by atoms with E-state index in [-0.39, 0.29) is 18.6 Å². The minimum atomic E-state index is -0.0828. The van der Waals surface area contributed by atoms with Gasteiger partial charge >= 0.3 is 0 Å². The van der Waals surface area contributed by atoms with Gasteiger partial charge in [-0.3, -0.25) is 9.79 Å². The summed E-state index contributed by atoms with van der Waals surface area (Å²) in [6, 6.07) is 8.29. The van der Waals surface area contributed by atoms with Gasteiger partial charge in [0.25, 0.3) is 5.91 Å². The van der Waals surface area contributed by atoms with E-state index in [1.807, 2.05) is 17.9 Å². The lowest BCUT2D eigenvalue weighted by atomic mass is 9.90. The highest BCUT2D eigenvalue weighted by atomic mass is 16.5. The van der Waals surface area contributed by atoms with Crippen molar-refractivity contribution < 1.29 is 19.4 Å². The van der Waals surface area contributed by atoms with Crippen molar-refractivity contribution in [1.82, 2.24) is 4.90 Å². The van der Waals surface area contributed by atoms with Crippen LogP contribution in [0.5, 0.6) is 5.75 Å². The first kappa shape index (κ1) is 40.4. The molecular formula is C38H65N3O4. The van der Waals surface area contributed by atoms with Crippen molar-refractivity contribution in [3.05, 3.63) is 53.3 Å². The molecule has 256 valence electrons. The average Bonchev–Trinajstić information content (AvgIpc) is 3.06. The minimum Gasteiger partial charge on any atom is -0.490 e. The third-order valence-electron chi connectivity index (χ3n) is 8.09. The van der Waals surface area contributed by atoms with Crippen LogP contribution in [0.3, 0.4) is 0 Å². The third-order valence-corrected chi connectivity index (χ3v) is 8.09. The fraction of sp³-hybridized carbons (Fsp3) is 0.684. The van der Waals surface area contributed by atoms with Gasteiger partial charge in [-0.05, 0) is 76.8 Å². The van der Waals surface area contributed by atoms with Gasteiger partial charge in [0.2, 0.25) is 0 Å². The number of piperidine rings is 1. The number of aliphatic imine (C=N–C) groups is 1. The van der Waals surface area contributed by atoms with E-state index >= 15 is 0 Å². The van der Waals surface area contributed by atoms with Gasteiger partial charge < -0.3 is 25.2 Å². The topological polar surface area (TPSA) is 97.4 Å². The number of nitrogens with zero attached hydrogens (tertiary/aromatic N) is 2. The van der Waals surface area contributed by atoms with Crippen molar-refractivity contribution >= 4 is 11.6 Å². The first-order chi connectivity index (χ1) is 21.7. The summed E-state index contributed by atoms with van der Waals surface area (Å²) < 4.78 is 11.6. The van der Waals surface area contributed by atoms with Gasteiger partial charge in [0.15, 0.2) is 0 Å². The quantitative estimate of drug-likeness (QED) is 0.160. The number of carbonyl (C=O) groups excluding carboxylic acids is 1. The van der Waals surface area contributed by atoms with Crippen LogP contribution in [-0.4, -0.2) is 66.7 Å². The lowest BCUT2D eigenvalue weighted by molar-refractivity contribution is -0.130. The Morgan fingerprint density at radius 1 is 1.04 bits per heavy atom. The molecule has 1 saturated carbocycles. The zero-order valence-electron chi connectivity index (χ0n) is 29.5. The van der Waals surface area contributed by atoms with Gasteiger partial charge in [0, 0.05) is 24.4 Å². The van der Waals surface area contributed by atoms with Crippen molar-refractivity contribution in [1.29, 1.82) is 0 Å². The van der Waals surface area contributed by atoms with Crippen LogP contribution in [0, 0.1) is 6.92 Å². The Morgan fingerprint density at radius 3 is 2.29 bits per heavy atom. The van der Waals surface area contributed by atoms with Gasteiger partial charge in [-0.25, -0.2) is 0 Å². The molecule has 0 spiro atoms. The number of rotatable bonds is 14. The summed E-state index contributed by atoms with van der Waals surface area (Å²) in [5, 5.41) is 8.83. The molecule has 3 rings (SSSR count). The van der Waals surface area contributed by atoms with Crippen LogP contribution in [0.2, 0.25) is 0 Å². The van der Waals surface area contributed by atoms with Crippen LogP contribution in [0.4, 0.5) is 0 Å². The molecule has 2 aliphatic rings. The summed E-state index contributed by atoms with van der Waals surface area (Å²) in [6.45, 7) is 19.0. The summed E-state index contributed by atoms with van der Waals surface area (Å²) >= 11 is 0. The largest absolute Gasteiger partial charge is 0.490 e. The summed E-state index contributed by atoms with van der Waals surface area (Å²) in [5.74, 6) is 0.970. The van der Waals surface area contributed by atoms with Crippen molar-refractivity contribution in [3.63, 3.8) is 0 Å². The predicted molar refractivity (Wildman–Crippen MR) is 190 cm³/mol. The molecule has 3 N–H and O–H groups in total. The second-order valence-corrected chi connectivity index (χ2v) is 12.3. The summed E-state index contributed by atoms with van der Waals surface area (Å²) in [4.78, 5) is 19.2. The number of unbranched alkanes of at least 4 members (excludes halogenated alkanes) is 2. The predicted octanol–water partition coefficient (Wildman–Crippen LogP) is 8.33.